The molecule has 0 radical (unpaired) electrons. The Kier molecular flexibility index (Phi) is 5.04. The lowest BCUT2D eigenvalue weighted by atomic mass is 10.2. The average Bonchev–Trinajstić information content (AvgIpc) is 2.52. The maximum Gasteiger partial charge on any atom is 0.315 e. The van der Waals surface area contributed by atoms with Crippen LogP contribution >= 0.6 is 0 Å². The van der Waals surface area contributed by atoms with Gasteiger partial charge in [-0.3, -0.25) is 0 Å². The molecule has 0 atom stereocenters. The first-order valence-electron chi connectivity index (χ1n) is 6.67. The zero-order valence-corrected chi connectivity index (χ0v) is 11.9. The van der Waals surface area contributed by atoms with Gasteiger partial charge >= 0.3 is 6.03 Å². The van der Waals surface area contributed by atoms with Gasteiger partial charge in [0, 0.05) is 24.3 Å². The number of ether oxygens (including phenoxy) is 1. The fourth-order valence-corrected chi connectivity index (χ4v) is 1.95. The van der Waals surface area contributed by atoms with Crippen LogP contribution in [0.3, 0.4) is 0 Å². The summed E-state index contributed by atoms with van der Waals surface area (Å²) < 4.78 is 5.23. The molecular weight excluding hydrogens is 266 g/mol. The van der Waals surface area contributed by atoms with Crippen LogP contribution in [0.1, 0.15) is 11.1 Å². The van der Waals surface area contributed by atoms with E-state index in [0.717, 1.165) is 11.1 Å². The summed E-state index contributed by atoms with van der Waals surface area (Å²) in [5.41, 5.74) is 8.27. The van der Waals surface area contributed by atoms with Gasteiger partial charge in [0.25, 0.3) is 0 Å². The van der Waals surface area contributed by atoms with Gasteiger partial charge < -0.3 is 21.1 Å². The first kappa shape index (κ1) is 14.7. The fourth-order valence-electron chi connectivity index (χ4n) is 1.95. The molecule has 2 aromatic rings. The second-order valence-electron chi connectivity index (χ2n) is 4.59. The number of carbonyl (C=O) groups is 1. The highest BCUT2D eigenvalue weighted by molar-refractivity contribution is 5.74. The molecule has 5 heteroatoms. The number of hydrogen-bond donors (Lipinski definition) is 3. The summed E-state index contributed by atoms with van der Waals surface area (Å²) >= 11 is 0. The molecule has 0 bridgehead atoms. The summed E-state index contributed by atoms with van der Waals surface area (Å²) in [6, 6.07) is 14.8. The minimum Gasteiger partial charge on any atom is -0.496 e. The van der Waals surface area contributed by atoms with E-state index in [1.54, 1.807) is 25.3 Å². The zero-order chi connectivity index (χ0) is 15.1. The highest BCUT2D eigenvalue weighted by Crippen LogP contribution is 2.20. The van der Waals surface area contributed by atoms with E-state index >= 15 is 0 Å². The van der Waals surface area contributed by atoms with E-state index in [-0.39, 0.29) is 6.03 Å². The van der Waals surface area contributed by atoms with Crippen LogP contribution < -0.4 is 21.1 Å². The Morgan fingerprint density at radius 1 is 1.10 bits per heavy atom. The second-order valence-corrected chi connectivity index (χ2v) is 4.59. The lowest BCUT2D eigenvalue weighted by Crippen LogP contribution is -2.34. The summed E-state index contributed by atoms with van der Waals surface area (Å²) in [5, 5.41) is 5.58. The van der Waals surface area contributed by atoms with Crippen LogP contribution in [-0.4, -0.2) is 13.1 Å². The van der Waals surface area contributed by atoms with Crippen molar-refractivity contribution < 1.29 is 9.53 Å². The Bertz CT molecular complexity index is 600. The molecule has 4 N–H and O–H groups in total. The number of urea groups is 1. The number of carbonyl (C=O) groups excluding carboxylic acids is 1. The fraction of sp³-hybridized carbons (Fsp3) is 0.188. The van der Waals surface area contributed by atoms with E-state index < -0.39 is 0 Å². The molecule has 0 saturated carbocycles. The van der Waals surface area contributed by atoms with Gasteiger partial charge in [-0.05, 0) is 23.8 Å². The number of nitrogen functional groups attached to an aromatic ring is 1. The third kappa shape index (κ3) is 4.42. The zero-order valence-electron chi connectivity index (χ0n) is 11.9. The van der Waals surface area contributed by atoms with Gasteiger partial charge in [0.1, 0.15) is 5.75 Å². The van der Waals surface area contributed by atoms with Crippen molar-refractivity contribution in [3.63, 3.8) is 0 Å². The lowest BCUT2D eigenvalue weighted by Gasteiger charge is -2.11. The number of methoxy groups -OCH3 is 1. The molecule has 2 aromatic carbocycles. The van der Waals surface area contributed by atoms with E-state index in [2.05, 4.69) is 10.6 Å². The van der Waals surface area contributed by atoms with Gasteiger partial charge in [-0.1, -0.05) is 30.3 Å². The van der Waals surface area contributed by atoms with Gasteiger partial charge in [0.15, 0.2) is 0 Å². The van der Waals surface area contributed by atoms with Gasteiger partial charge in [-0.15, -0.1) is 0 Å². The van der Waals surface area contributed by atoms with Gasteiger partial charge in [0.05, 0.1) is 7.11 Å². The minimum absolute atomic E-state index is 0.233. The predicted molar refractivity (Wildman–Crippen MR) is 82.9 cm³/mol. The van der Waals surface area contributed by atoms with E-state index in [0.29, 0.717) is 24.5 Å². The van der Waals surface area contributed by atoms with Crippen molar-refractivity contribution in [3.8, 4) is 5.75 Å². The minimum atomic E-state index is -0.233. The molecule has 0 aliphatic heterocycles. The Morgan fingerprint density at radius 2 is 1.81 bits per heavy atom. The van der Waals surface area contributed by atoms with Crippen LogP contribution in [0.4, 0.5) is 10.5 Å². The summed E-state index contributed by atoms with van der Waals surface area (Å²) in [6.07, 6.45) is 0. The molecule has 0 aromatic heterocycles. The molecule has 2 rings (SSSR count). The van der Waals surface area contributed by atoms with Crippen molar-refractivity contribution in [2.75, 3.05) is 12.8 Å². The normalized spacial score (nSPS) is 9.95. The Labute approximate surface area is 124 Å². The summed E-state index contributed by atoms with van der Waals surface area (Å²) in [6.45, 7) is 0.843. The standard InChI is InChI=1S/C16H19N3O2/c1-21-15-8-7-14(17)9-13(15)11-19-16(20)18-10-12-5-3-2-4-6-12/h2-9H,10-11,17H2,1H3,(H2,18,19,20). The number of amides is 2. The van der Waals surface area contributed by atoms with Crippen LogP contribution in [0.15, 0.2) is 48.5 Å². The van der Waals surface area contributed by atoms with Crippen LogP contribution in [0.5, 0.6) is 5.75 Å². The van der Waals surface area contributed by atoms with Gasteiger partial charge in [-0.2, -0.15) is 0 Å². The highest BCUT2D eigenvalue weighted by Gasteiger charge is 2.06. The number of anilines is 1. The maximum absolute atomic E-state index is 11.8. The van der Waals surface area contributed by atoms with E-state index in [9.17, 15) is 4.79 Å². The molecule has 110 valence electrons. The number of nitrogens with one attached hydrogen (secondary N) is 2. The molecule has 0 saturated heterocycles. The number of rotatable bonds is 5. The third-order valence-electron chi connectivity index (χ3n) is 3.04. The topological polar surface area (TPSA) is 76.4 Å². The second kappa shape index (κ2) is 7.19. The SMILES string of the molecule is COc1ccc(N)cc1CNC(=O)NCc1ccccc1. The predicted octanol–water partition coefficient (Wildman–Crippen LogP) is 2.28. The molecular formula is C16H19N3O2. The molecule has 21 heavy (non-hydrogen) atoms. The lowest BCUT2D eigenvalue weighted by molar-refractivity contribution is 0.240. The van der Waals surface area contributed by atoms with E-state index in [4.69, 9.17) is 10.5 Å². The summed E-state index contributed by atoms with van der Waals surface area (Å²) in [4.78, 5) is 11.8. The van der Waals surface area contributed by atoms with Gasteiger partial charge in [0.2, 0.25) is 0 Å². The van der Waals surface area contributed by atoms with Crippen LogP contribution in [0.2, 0.25) is 0 Å². The van der Waals surface area contributed by atoms with Crippen molar-refractivity contribution in [1.29, 1.82) is 0 Å². The van der Waals surface area contributed by atoms with Crippen molar-refractivity contribution >= 4 is 11.7 Å². The maximum atomic E-state index is 11.8. The highest BCUT2D eigenvalue weighted by atomic mass is 16.5. The van der Waals surface area contributed by atoms with Crippen molar-refractivity contribution in [2.24, 2.45) is 0 Å². The van der Waals surface area contributed by atoms with Crippen LogP contribution in [-0.2, 0) is 13.1 Å². The van der Waals surface area contributed by atoms with E-state index in [1.807, 2.05) is 30.3 Å². The largest absolute Gasteiger partial charge is 0.496 e. The molecule has 0 fully saturated rings. The molecule has 0 aliphatic carbocycles. The van der Waals surface area contributed by atoms with E-state index in [1.165, 1.54) is 0 Å². The van der Waals surface area contributed by atoms with Gasteiger partial charge in [-0.25, -0.2) is 4.79 Å². The van der Waals surface area contributed by atoms with Crippen molar-refractivity contribution in [1.82, 2.24) is 10.6 Å². The first-order valence-corrected chi connectivity index (χ1v) is 6.67. The summed E-state index contributed by atoms with van der Waals surface area (Å²) in [5.74, 6) is 0.701. The van der Waals surface area contributed by atoms with Crippen LogP contribution in [0.25, 0.3) is 0 Å². The monoisotopic (exact) mass is 285 g/mol. The average molecular weight is 285 g/mol. The molecule has 5 nitrogen and oxygen atoms in total. The first-order chi connectivity index (χ1) is 10.2. The van der Waals surface area contributed by atoms with Crippen molar-refractivity contribution in [2.45, 2.75) is 13.1 Å². The Hall–Kier alpha value is -2.69. The number of nitrogens with two attached hydrogens (primary N) is 1. The Morgan fingerprint density at radius 3 is 2.52 bits per heavy atom. The number of benzene rings is 2. The molecule has 0 unspecified atom stereocenters. The molecule has 0 spiro atoms. The summed E-state index contributed by atoms with van der Waals surface area (Å²) in [7, 11) is 1.59. The quantitative estimate of drug-likeness (QED) is 0.738. The Balaban J connectivity index is 1.85. The van der Waals surface area contributed by atoms with Crippen LogP contribution in [0, 0.1) is 0 Å². The smallest absolute Gasteiger partial charge is 0.315 e. The molecule has 0 heterocycles. The third-order valence-corrected chi connectivity index (χ3v) is 3.04. The van der Waals surface area contributed by atoms with Crippen molar-refractivity contribution in [3.05, 3.63) is 59.7 Å². The molecule has 0 aliphatic rings. The number of hydrogen-bond acceptors (Lipinski definition) is 3. The molecule has 2 amide bonds.